The number of alkyl carbamates (subject to hydrolysis) is 1. The average molecular weight is 357 g/mol. The van der Waals surface area contributed by atoms with E-state index in [4.69, 9.17) is 10.5 Å². The molecule has 0 rings (SSSR count). The predicted molar refractivity (Wildman–Crippen MR) is 97.8 cm³/mol. The van der Waals surface area contributed by atoms with Gasteiger partial charge in [-0.2, -0.15) is 0 Å². The minimum Gasteiger partial charge on any atom is -0.444 e. The summed E-state index contributed by atoms with van der Waals surface area (Å²) in [6.45, 7) is 16.5. The number of hydrogen-bond donors (Lipinski definition) is 3. The average Bonchev–Trinajstić information content (AvgIpc) is 2.29. The van der Waals surface area contributed by atoms with Gasteiger partial charge in [0, 0.05) is 0 Å². The molecule has 0 saturated carbocycles. The third kappa shape index (κ3) is 9.94. The smallest absolute Gasteiger partial charge is 0.408 e. The quantitative estimate of drug-likeness (QED) is 0.701. The first-order valence-corrected chi connectivity index (χ1v) is 8.51. The van der Waals surface area contributed by atoms with Gasteiger partial charge in [0.2, 0.25) is 11.8 Å². The number of carbonyl (C=O) groups excluding carboxylic acids is 3. The van der Waals surface area contributed by atoms with Gasteiger partial charge in [-0.3, -0.25) is 9.59 Å². The van der Waals surface area contributed by atoms with Gasteiger partial charge in [-0.1, -0.05) is 41.5 Å². The molecule has 7 heteroatoms. The summed E-state index contributed by atoms with van der Waals surface area (Å²) in [6.07, 6.45) is -0.286. The fraction of sp³-hybridized carbons (Fsp3) is 0.833. The zero-order chi connectivity index (χ0) is 20.2. The van der Waals surface area contributed by atoms with Crippen molar-refractivity contribution in [2.45, 2.75) is 86.4 Å². The van der Waals surface area contributed by atoms with Crippen molar-refractivity contribution in [3.63, 3.8) is 0 Å². The van der Waals surface area contributed by atoms with Gasteiger partial charge in [-0.15, -0.1) is 0 Å². The Kier molecular flexibility index (Phi) is 7.48. The zero-order valence-corrected chi connectivity index (χ0v) is 17.1. The van der Waals surface area contributed by atoms with E-state index in [1.54, 1.807) is 20.8 Å². The van der Waals surface area contributed by atoms with Crippen LogP contribution in [0.5, 0.6) is 0 Å². The van der Waals surface area contributed by atoms with Crippen LogP contribution in [0.2, 0.25) is 0 Å². The summed E-state index contributed by atoms with van der Waals surface area (Å²) in [4.78, 5) is 36.5. The molecule has 2 atom stereocenters. The molecule has 0 aromatic rings. The Bertz CT molecular complexity index is 496. The molecule has 4 N–H and O–H groups in total. The lowest BCUT2D eigenvalue weighted by Gasteiger charge is -2.33. The molecule has 0 saturated heterocycles. The summed E-state index contributed by atoms with van der Waals surface area (Å²) in [5.74, 6) is -1.07. The second kappa shape index (κ2) is 8.06. The van der Waals surface area contributed by atoms with E-state index < -0.39 is 41.0 Å². The minimum atomic E-state index is -0.871. The number of amides is 3. The molecule has 0 spiro atoms. The second-order valence-electron chi connectivity index (χ2n) is 9.67. The Morgan fingerprint density at radius 3 is 1.72 bits per heavy atom. The molecule has 146 valence electrons. The largest absolute Gasteiger partial charge is 0.444 e. The maximum Gasteiger partial charge on any atom is 0.408 e. The Morgan fingerprint density at radius 1 is 0.920 bits per heavy atom. The van der Waals surface area contributed by atoms with Crippen LogP contribution in [0.25, 0.3) is 0 Å². The summed E-state index contributed by atoms with van der Waals surface area (Å²) in [6, 6.07) is -1.68. The number of nitrogens with one attached hydrogen (secondary N) is 2. The third-order valence-electron chi connectivity index (χ3n) is 3.27. The molecule has 3 amide bonds. The Morgan fingerprint density at radius 2 is 1.40 bits per heavy atom. The van der Waals surface area contributed by atoms with Crippen molar-refractivity contribution in [3.8, 4) is 0 Å². The van der Waals surface area contributed by atoms with Crippen LogP contribution < -0.4 is 16.4 Å². The van der Waals surface area contributed by atoms with Crippen molar-refractivity contribution in [1.29, 1.82) is 0 Å². The number of rotatable bonds is 5. The van der Waals surface area contributed by atoms with Gasteiger partial charge in [-0.25, -0.2) is 4.79 Å². The van der Waals surface area contributed by atoms with Gasteiger partial charge in [0.05, 0.1) is 0 Å². The lowest BCUT2D eigenvalue weighted by Crippen LogP contribution is -2.58. The van der Waals surface area contributed by atoms with Crippen LogP contribution in [0.15, 0.2) is 0 Å². The normalized spacial score (nSPS) is 15.1. The zero-order valence-electron chi connectivity index (χ0n) is 17.1. The first kappa shape index (κ1) is 23.2. The highest BCUT2D eigenvalue weighted by atomic mass is 16.6. The van der Waals surface area contributed by atoms with Crippen molar-refractivity contribution in [3.05, 3.63) is 0 Å². The molecule has 0 aliphatic carbocycles. The lowest BCUT2D eigenvalue weighted by atomic mass is 9.85. The summed E-state index contributed by atoms with van der Waals surface area (Å²) in [5, 5.41) is 5.26. The fourth-order valence-corrected chi connectivity index (χ4v) is 2.19. The van der Waals surface area contributed by atoms with Crippen molar-refractivity contribution >= 4 is 17.9 Å². The second-order valence-corrected chi connectivity index (χ2v) is 9.67. The molecule has 0 radical (unpaired) electrons. The SMILES string of the molecule is CC(C)(C)C[C@H](NC(=O)[C@@H](NC(=O)OC(C)(C)C)C(C)(C)C)C(N)=O. The number of nitrogens with two attached hydrogens (primary N) is 1. The molecule has 0 aromatic heterocycles. The standard InChI is InChI=1S/C18H35N3O4/c1-16(2,3)10-11(13(19)22)20-14(23)12(17(4,5)6)21-15(24)25-18(7,8)9/h11-12H,10H2,1-9H3,(H2,19,22)(H,20,23)(H,21,24)/t11-,12+/m0/s1. The molecule has 25 heavy (non-hydrogen) atoms. The molecule has 0 aliphatic heterocycles. The first-order valence-electron chi connectivity index (χ1n) is 8.51. The summed E-state index contributed by atoms with van der Waals surface area (Å²) in [5.41, 5.74) is 3.97. The maximum atomic E-state index is 12.7. The molecule has 0 fully saturated rings. The van der Waals surface area contributed by atoms with E-state index in [1.165, 1.54) is 0 Å². The molecule has 0 bridgehead atoms. The molecule has 0 heterocycles. The van der Waals surface area contributed by atoms with Crippen LogP contribution in [-0.4, -0.2) is 35.6 Å². The summed E-state index contributed by atoms with van der Waals surface area (Å²) < 4.78 is 5.22. The topological polar surface area (TPSA) is 111 Å². The van der Waals surface area contributed by atoms with Crippen LogP contribution in [0, 0.1) is 10.8 Å². The summed E-state index contributed by atoms with van der Waals surface area (Å²) in [7, 11) is 0. The van der Waals surface area contributed by atoms with E-state index in [1.807, 2.05) is 41.5 Å². The number of carbonyl (C=O) groups is 3. The molecular weight excluding hydrogens is 322 g/mol. The van der Waals surface area contributed by atoms with E-state index in [9.17, 15) is 14.4 Å². The van der Waals surface area contributed by atoms with E-state index in [0.717, 1.165) is 0 Å². The highest BCUT2D eigenvalue weighted by molar-refractivity contribution is 5.91. The number of ether oxygens (including phenoxy) is 1. The summed E-state index contributed by atoms with van der Waals surface area (Å²) >= 11 is 0. The minimum absolute atomic E-state index is 0.192. The van der Waals surface area contributed by atoms with Gasteiger partial charge < -0.3 is 21.1 Å². The van der Waals surface area contributed by atoms with E-state index in [0.29, 0.717) is 6.42 Å². The van der Waals surface area contributed by atoms with Gasteiger partial charge in [0.1, 0.15) is 17.7 Å². The molecule has 0 aliphatic rings. The van der Waals surface area contributed by atoms with E-state index >= 15 is 0 Å². The molecule has 0 unspecified atom stereocenters. The lowest BCUT2D eigenvalue weighted by molar-refractivity contribution is -0.130. The van der Waals surface area contributed by atoms with Gasteiger partial charge in [0.15, 0.2) is 0 Å². The van der Waals surface area contributed by atoms with Crippen LogP contribution in [0.1, 0.15) is 68.7 Å². The fourth-order valence-electron chi connectivity index (χ4n) is 2.19. The third-order valence-corrected chi connectivity index (χ3v) is 3.27. The van der Waals surface area contributed by atoms with Gasteiger partial charge in [-0.05, 0) is 38.0 Å². The van der Waals surface area contributed by atoms with Crippen LogP contribution in [-0.2, 0) is 14.3 Å². The van der Waals surface area contributed by atoms with Crippen LogP contribution in [0.4, 0.5) is 4.79 Å². The van der Waals surface area contributed by atoms with Crippen LogP contribution >= 0.6 is 0 Å². The van der Waals surface area contributed by atoms with E-state index in [-0.39, 0.29) is 5.41 Å². The highest BCUT2D eigenvalue weighted by Gasteiger charge is 2.36. The number of hydrogen-bond acceptors (Lipinski definition) is 4. The monoisotopic (exact) mass is 357 g/mol. The Labute approximate surface area is 151 Å². The van der Waals surface area contributed by atoms with Crippen LogP contribution in [0.3, 0.4) is 0 Å². The predicted octanol–water partition coefficient (Wildman–Crippen LogP) is 2.33. The molecule has 0 aromatic carbocycles. The van der Waals surface area contributed by atoms with Crippen molar-refractivity contribution in [2.75, 3.05) is 0 Å². The Hall–Kier alpha value is -1.79. The van der Waals surface area contributed by atoms with Gasteiger partial charge in [0.25, 0.3) is 0 Å². The Balaban J connectivity index is 5.24. The number of primary amides is 1. The van der Waals surface area contributed by atoms with Crippen molar-refractivity contribution in [2.24, 2.45) is 16.6 Å². The highest BCUT2D eigenvalue weighted by Crippen LogP contribution is 2.23. The van der Waals surface area contributed by atoms with E-state index in [2.05, 4.69) is 10.6 Å². The first-order chi connectivity index (χ1) is 10.9. The van der Waals surface area contributed by atoms with Crippen molar-refractivity contribution < 1.29 is 19.1 Å². The maximum absolute atomic E-state index is 12.7. The molecule has 7 nitrogen and oxygen atoms in total. The van der Waals surface area contributed by atoms with Gasteiger partial charge >= 0.3 is 6.09 Å². The van der Waals surface area contributed by atoms with Crippen molar-refractivity contribution in [1.82, 2.24) is 10.6 Å². The molecular formula is C18H35N3O4.